The fraction of sp³-hybridized carbons (Fsp3) is 0.333. The van der Waals surface area contributed by atoms with Crippen molar-refractivity contribution in [2.24, 2.45) is 5.92 Å². The standard InChI is InChI=1S/C15H12F3N2OS/c1-9-5-12(21)11(15(16,17)18)6-13(9)22-14-4-3-10(7-19)8-20(14)2/h3-4,6,11H,8H2,1-2H3. The first-order valence-corrected chi connectivity index (χ1v) is 7.17. The van der Waals surface area contributed by atoms with Crippen LogP contribution < -0.4 is 0 Å². The fourth-order valence-corrected chi connectivity index (χ4v) is 3.00. The van der Waals surface area contributed by atoms with Gasteiger partial charge in [-0.25, -0.2) is 0 Å². The summed E-state index contributed by atoms with van der Waals surface area (Å²) in [6.45, 7) is 1.96. The summed E-state index contributed by atoms with van der Waals surface area (Å²) in [6.07, 6.45) is 1.91. The van der Waals surface area contributed by atoms with Gasteiger partial charge in [0, 0.05) is 23.6 Å². The van der Waals surface area contributed by atoms with Crippen molar-refractivity contribution in [3.05, 3.63) is 45.4 Å². The number of nitrogens with zero attached hydrogens (tertiary/aromatic N) is 2. The van der Waals surface area contributed by atoms with E-state index in [1.807, 2.05) is 6.07 Å². The molecule has 1 radical (unpaired) electrons. The Labute approximate surface area is 130 Å². The molecule has 22 heavy (non-hydrogen) atoms. The molecule has 1 aliphatic carbocycles. The quantitative estimate of drug-likeness (QED) is 0.781. The van der Waals surface area contributed by atoms with Crippen molar-refractivity contribution in [1.82, 2.24) is 4.90 Å². The maximum absolute atomic E-state index is 12.8. The van der Waals surface area contributed by atoms with Crippen LogP contribution >= 0.6 is 11.8 Å². The number of rotatable bonds is 2. The molecule has 0 aromatic rings. The van der Waals surface area contributed by atoms with Crippen LogP contribution in [-0.2, 0) is 4.79 Å². The highest BCUT2D eigenvalue weighted by Crippen LogP contribution is 2.40. The summed E-state index contributed by atoms with van der Waals surface area (Å²) in [5.74, 6) is -3.20. The van der Waals surface area contributed by atoms with Crippen molar-refractivity contribution in [2.75, 3.05) is 13.6 Å². The van der Waals surface area contributed by atoms with E-state index in [-0.39, 0.29) is 0 Å². The number of likely N-dealkylation sites (N-methyl/N-ethyl adjacent to an activating group) is 1. The molecule has 0 aromatic heterocycles. The van der Waals surface area contributed by atoms with E-state index >= 15 is 0 Å². The molecule has 0 amide bonds. The Kier molecular flexibility index (Phi) is 4.52. The summed E-state index contributed by atoms with van der Waals surface area (Å²) in [5.41, 5.74) is 0.964. The number of allylic oxidation sites excluding steroid dienone is 5. The number of hydrogen-bond acceptors (Lipinski definition) is 4. The average molecular weight is 325 g/mol. The second-order valence-electron chi connectivity index (χ2n) is 4.93. The minimum atomic E-state index is -4.61. The third-order valence-corrected chi connectivity index (χ3v) is 4.52. The van der Waals surface area contributed by atoms with Crippen molar-refractivity contribution >= 4 is 17.5 Å². The van der Waals surface area contributed by atoms with Crippen molar-refractivity contribution < 1.29 is 18.0 Å². The molecule has 2 aliphatic rings. The molecular formula is C15H12F3N2OS. The minimum Gasteiger partial charge on any atom is -0.364 e. The molecule has 7 heteroatoms. The number of ketones is 1. The molecule has 2 rings (SSSR count). The van der Waals surface area contributed by atoms with E-state index in [1.165, 1.54) is 0 Å². The molecule has 1 aliphatic heterocycles. The van der Waals surface area contributed by atoms with Crippen LogP contribution in [0.4, 0.5) is 13.2 Å². The third kappa shape index (κ3) is 3.45. The van der Waals surface area contributed by atoms with Crippen molar-refractivity contribution in [1.29, 1.82) is 5.26 Å². The lowest BCUT2D eigenvalue weighted by molar-refractivity contribution is -0.169. The van der Waals surface area contributed by atoms with Gasteiger partial charge in [0.1, 0.15) is 5.92 Å². The van der Waals surface area contributed by atoms with Crippen LogP contribution in [0.2, 0.25) is 0 Å². The van der Waals surface area contributed by atoms with Crippen LogP contribution in [0.1, 0.15) is 6.92 Å². The van der Waals surface area contributed by atoms with Gasteiger partial charge in [0.25, 0.3) is 0 Å². The summed E-state index contributed by atoms with van der Waals surface area (Å²) in [6, 6.07) is 2.04. The normalized spacial score (nSPS) is 22.5. The number of carbonyl (C=O) groups excluding carboxylic acids is 1. The van der Waals surface area contributed by atoms with Gasteiger partial charge < -0.3 is 4.90 Å². The smallest absolute Gasteiger partial charge is 0.364 e. The van der Waals surface area contributed by atoms with Crippen LogP contribution in [0.15, 0.2) is 39.3 Å². The SMILES string of the molecule is CC1=[C]C(=O)C(C(F)(F)F)C=C1SC1=CC=C(C#N)CN1C. The van der Waals surface area contributed by atoms with Gasteiger partial charge in [-0.05, 0) is 24.6 Å². The molecule has 0 aromatic carbocycles. The van der Waals surface area contributed by atoms with Gasteiger partial charge in [-0.1, -0.05) is 17.8 Å². The van der Waals surface area contributed by atoms with Crippen LogP contribution in [0.25, 0.3) is 0 Å². The highest BCUT2D eigenvalue weighted by molar-refractivity contribution is 8.06. The van der Waals surface area contributed by atoms with Crippen molar-refractivity contribution in [2.45, 2.75) is 13.1 Å². The van der Waals surface area contributed by atoms with Gasteiger partial charge in [0.15, 0.2) is 5.78 Å². The molecule has 115 valence electrons. The molecule has 0 saturated carbocycles. The molecule has 0 fully saturated rings. The molecule has 3 nitrogen and oxygen atoms in total. The summed E-state index contributed by atoms with van der Waals surface area (Å²) < 4.78 is 38.5. The van der Waals surface area contributed by atoms with Gasteiger partial charge in [-0.15, -0.1) is 0 Å². The van der Waals surface area contributed by atoms with Gasteiger partial charge >= 0.3 is 6.18 Å². The monoisotopic (exact) mass is 325 g/mol. The number of nitriles is 1. The zero-order valence-electron chi connectivity index (χ0n) is 11.9. The maximum Gasteiger partial charge on any atom is 0.402 e. The summed E-state index contributed by atoms with van der Waals surface area (Å²) in [7, 11) is 1.75. The Bertz CT molecular complexity index is 665. The Morgan fingerprint density at radius 2 is 2.14 bits per heavy atom. The molecule has 1 atom stereocenters. The summed E-state index contributed by atoms with van der Waals surface area (Å²) >= 11 is 1.13. The highest BCUT2D eigenvalue weighted by atomic mass is 32.2. The fourth-order valence-electron chi connectivity index (χ4n) is 2.01. The van der Waals surface area contributed by atoms with Crippen LogP contribution in [0.3, 0.4) is 0 Å². The second-order valence-corrected chi connectivity index (χ2v) is 5.99. The number of carbonyl (C=O) groups is 1. The first-order chi connectivity index (χ1) is 10.2. The first kappa shape index (κ1) is 16.4. The number of alkyl halides is 3. The number of thioether (sulfide) groups is 1. The summed E-state index contributed by atoms with van der Waals surface area (Å²) in [4.78, 5) is 13.6. The van der Waals surface area contributed by atoms with Crippen LogP contribution in [0.5, 0.6) is 0 Å². The number of hydrogen-bond donors (Lipinski definition) is 0. The predicted octanol–water partition coefficient (Wildman–Crippen LogP) is 3.35. The van der Waals surface area contributed by atoms with E-state index in [0.717, 1.165) is 17.8 Å². The highest BCUT2D eigenvalue weighted by Gasteiger charge is 2.44. The minimum absolute atomic E-state index is 0.355. The topological polar surface area (TPSA) is 44.1 Å². The third-order valence-electron chi connectivity index (χ3n) is 3.20. The Morgan fingerprint density at radius 1 is 1.45 bits per heavy atom. The Morgan fingerprint density at radius 3 is 2.68 bits per heavy atom. The Balaban J connectivity index is 2.27. The molecule has 0 N–H and O–H groups in total. The molecule has 0 bridgehead atoms. The molecular weight excluding hydrogens is 313 g/mol. The van der Waals surface area contributed by atoms with E-state index < -0.39 is 17.9 Å². The zero-order valence-corrected chi connectivity index (χ0v) is 12.7. The predicted molar refractivity (Wildman–Crippen MR) is 77.1 cm³/mol. The van der Waals surface area contributed by atoms with Gasteiger partial charge in [0.2, 0.25) is 0 Å². The van der Waals surface area contributed by atoms with E-state index in [0.29, 0.717) is 27.6 Å². The molecule has 1 heterocycles. The van der Waals surface area contributed by atoms with Crippen molar-refractivity contribution in [3.8, 4) is 6.07 Å². The van der Waals surface area contributed by atoms with Crippen molar-refractivity contribution in [3.63, 3.8) is 0 Å². The largest absolute Gasteiger partial charge is 0.402 e. The maximum atomic E-state index is 12.8. The Hall–Kier alpha value is -1.94. The number of halogens is 3. The molecule has 0 spiro atoms. The van der Waals surface area contributed by atoms with Crippen LogP contribution in [-0.4, -0.2) is 30.5 Å². The second kappa shape index (κ2) is 6.05. The van der Waals surface area contributed by atoms with E-state index in [2.05, 4.69) is 6.08 Å². The summed E-state index contributed by atoms with van der Waals surface area (Å²) in [5, 5.41) is 9.55. The van der Waals surface area contributed by atoms with Gasteiger partial charge in [-0.3, -0.25) is 4.79 Å². The number of Topliss-reactive ketones (excluding diaryl/α,β-unsaturated/α-hetero) is 1. The lowest BCUT2D eigenvalue weighted by Crippen LogP contribution is -2.30. The van der Waals surface area contributed by atoms with E-state index in [1.54, 1.807) is 31.0 Å². The van der Waals surface area contributed by atoms with Gasteiger partial charge in [0.05, 0.1) is 17.6 Å². The van der Waals surface area contributed by atoms with E-state index in [4.69, 9.17) is 5.26 Å². The lowest BCUT2D eigenvalue weighted by Gasteiger charge is -2.27. The average Bonchev–Trinajstić information content (AvgIpc) is 2.42. The molecule has 1 unspecified atom stereocenters. The van der Waals surface area contributed by atoms with Crippen LogP contribution in [0, 0.1) is 23.3 Å². The van der Waals surface area contributed by atoms with E-state index in [9.17, 15) is 18.0 Å². The lowest BCUT2D eigenvalue weighted by atomic mass is 9.95. The molecule has 0 saturated heterocycles. The zero-order chi connectivity index (χ0) is 16.5. The van der Waals surface area contributed by atoms with Gasteiger partial charge in [-0.2, -0.15) is 18.4 Å². The first-order valence-electron chi connectivity index (χ1n) is 6.35.